The molecule has 2 nitrogen and oxygen atoms in total. The fraction of sp³-hybridized carbons (Fsp3) is 0. The molecule has 0 aliphatic heterocycles. The van der Waals surface area contributed by atoms with E-state index >= 15 is 0 Å². The van der Waals surface area contributed by atoms with Gasteiger partial charge >= 0.3 is 0 Å². The van der Waals surface area contributed by atoms with Gasteiger partial charge in [-0.05, 0) is 57.3 Å². The first-order valence-electron chi connectivity index (χ1n) is 15.2. The van der Waals surface area contributed by atoms with Crippen LogP contribution in [0.4, 0.5) is 0 Å². The molecule has 2 heterocycles. The highest BCUT2D eigenvalue weighted by atomic mass is 15.0. The number of para-hydroxylation sites is 3. The van der Waals surface area contributed by atoms with Gasteiger partial charge in [0.1, 0.15) is 0 Å². The second-order valence-corrected chi connectivity index (χ2v) is 11.7. The number of rotatable bonds is 2. The van der Waals surface area contributed by atoms with E-state index in [2.05, 4.69) is 167 Å². The lowest BCUT2D eigenvalue weighted by Crippen LogP contribution is -2.00. The number of nitrogens with zero attached hydrogens (tertiary/aromatic N) is 2. The minimum Gasteiger partial charge on any atom is -0.307 e. The molecule has 0 aliphatic rings. The quantitative estimate of drug-likeness (QED) is 0.187. The molecule has 2 heteroatoms. The van der Waals surface area contributed by atoms with E-state index in [1.165, 1.54) is 81.6 Å². The normalized spacial score (nSPS) is 12.1. The van der Waals surface area contributed by atoms with Gasteiger partial charge in [0.05, 0.1) is 27.8 Å². The number of benzene rings is 8. The van der Waals surface area contributed by atoms with Crippen LogP contribution in [0, 0.1) is 0 Å². The Bertz CT molecular complexity index is 2720. The van der Waals surface area contributed by atoms with Crippen LogP contribution in [0.2, 0.25) is 0 Å². The summed E-state index contributed by atoms with van der Waals surface area (Å²) in [7, 11) is 0. The van der Waals surface area contributed by atoms with Crippen molar-refractivity contribution in [3.05, 3.63) is 158 Å². The van der Waals surface area contributed by atoms with Gasteiger partial charge in [-0.15, -0.1) is 0 Å². The monoisotopic (exact) mass is 558 g/mol. The van der Waals surface area contributed by atoms with Gasteiger partial charge in [-0.1, -0.05) is 127 Å². The van der Waals surface area contributed by atoms with Crippen LogP contribution < -0.4 is 0 Å². The Morgan fingerprint density at radius 1 is 0.273 bits per heavy atom. The molecule has 0 N–H and O–H groups in total. The van der Waals surface area contributed by atoms with E-state index < -0.39 is 0 Å². The van der Waals surface area contributed by atoms with E-state index in [1.807, 2.05) is 0 Å². The third-order valence-electron chi connectivity index (χ3n) is 9.47. The Balaban J connectivity index is 1.50. The van der Waals surface area contributed by atoms with Crippen molar-refractivity contribution in [1.29, 1.82) is 0 Å². The Morgan fingerprint density at radius 3 is 1.32 bits per heavy atom. The summed E-state index contributed by atoms with van der Waals surface area (Å²) in [5.41, 5.74) is 7.25. The average molecular weight is 559 g/mol. The van der Waals surface area contributed by atoms with Crippen molar-refractivity contribution >= 4 is 75.9 Å². The zero-order valence-corrected chi connectivity index (χ0v) is 23.9. The summed E-state index contributed by atoms with van der Waals surface area (Å²) in [6.45, 7) is 0. The molecule has 44 heavy (non-hydrogen) atoms. The van der Waals surface area contributed by atoms with E-state index in [1.54, 1.807) is 0 Å². The van der Waals surface area contributed by atoms with Crippen LogP contribution in [0.1, 0.15) is 0 Å². The van der Waals surface area contributed by atoms with Gasteiger partial charge in [0, 0.05) is 32.6 Å². The maximum absolute atomic E-state index is 2.54. The van der Waals surface area contributed by atoms with Gasteiger partial charge in [0.15, 0.2) is 0 Å². The first kappa shape index (κ1) is 23.7. The molecule has 10 rings (SSSR count). The second kappa shape index (κ2) is 8.82. The van der Waals surface area contributed by atoms with Crippen molar-refractivity contribution in [3.63, 3.8) is 0 Å². The summed E-state index contributed by atoms with van der Waals surface area (Å²) < 4.78 is 5.00. The van der Waals surface area contributed by atoms with Crippen LogP contribution in [-0.2, 0) is 0 Å². The Labute approximate surface area is 253 Å². The fourth-order valence-electron chi connectivity index (χ4n) is 7.72. The summed E-state index contributed by atoms with van der Waals surface area (Å²) in [4.78, 5) is 0. The predicted molar refractivity (Wildman–Crippen MR) is 188 cm³/mol. The van der Waals surface area contributed by atoms with E-state index in [9.17, 15) is 0 Å². The summed E-state index contributed by atoms with van der Waals surface area (Å²) in [5.74, 6) is 0. The molecule has 0 fully saturated rings. The van der Waals surface area contributed by atoms with Crippen LogP contribution in [0.25, 0.3) is 87.3 Å². The highest BCUT2D eigenvalue weighted by Crippen LogP contribution is 2.44. The zero-order valence-electron chi connectivity index (χ0n) is 23.9. The predicted octanol–water partition coefficient (Wildman–Crippen LogP) is 11.3. The summed E-state index contributed by atoms with van der Waals surface area (Å²) in [6, 6.07) is 57.7. The number of fused-ring (bicyclic) bond motifs is 13. The molecule has 2 aromatic heterocycles. The topological polar surface area (TPSA) is 9.86 Å². The van der Waals surface area contributed by atoms with Gasteiger partial charge in [-0.3, -0.25) is 0 Å². The molecule has 0 unspecified atom stereocenters. The van der Waals surface area contributed by atoms with Crippen molar-refractivity contribution in [2.24, 2.45) is 0 Å². The lowest BCUT2D eigenvalue weighted by Gasteiger charge is -2.17. The second-order valence-electron chi connectivity index (χ2n) is 11.7. The fourth-order valence-corrected chi connectivity index (χ4v) is 7.72. The lowest BCUT2D eigenvalue weighted by molar-refractivity contribution is 1.16. The van der Waals surface area contributed by atoms with E-state index in [0.29, 0.717) is 0 Å². The molecule has 0 atom stereocenters. The van der Waals surface area contributed by atoms with Crippen LogP contribution in [0.5, 0.6) is 0 Å². The van der Waals surface area contributed by atoms with Crippen molar-refractivity contribution in [3.8, 4) is 11.4 Å². The van der Waals surface area contributed by atoms with Gasteiger partial charge in [-0.2, -0.15) is 0 Å². The standard InChI is InChI=1S/C42H26N2/c1-2-13-27(14-3-1)43-37-22-10-8-18-31(37)35-25-26-36-32-19-9-11-23-38(32)44(42(36)41(35)43)39-24-12-21-34-30-16-5-4-15-28(30)29-17-6-7-20-33(29)40(34)39/h1-26H. The Morgan fingerprint density at radius 2 is 0.705 bits per heavy atom. The van der Waals surface area contributed by atoms with E-state index in [4.69, 9.17) is 0 Å². The van der Waals surface area contributed by atoms with Crippen LogP contribution in [0.3, 0.4) is 0 Å². The SMILES string of the molecule is c1ccc(-n2c3ccccc3c3ccc4c5ccccc5n(-c5cccc6c7ccccc7c7ccccc7c56)c4c32)cc1. The van der Waals surface area contributed by atoms with Gasteiger partial charge in [-0.25, -0.2) is 0 Å². The van der Waals surface area contributed by atoms with Crippen LogP contribution >= 0.6 is 0 Å². The highest BCUT2D eigenvalue weighted by Gasteiger charge is 2.22. The third-order valence-corrected chi connectivity index (χ3v) is 9.47. The van der Waals surface area contributed by atoms with Gasteiger partial charge in [0.25, 0.3) is 0 Å². The molecule has 0 radical (unpaired) electrons. The number of hydrogen-bond acceptors (Lipinski definition) is 0. The summed E-state index contributed by atoms with van der Waals surface area (Å²) in [6.07, 6.45) is 0. The maximum Gasteiger partial charge on any atom is 0.0789 e. The molecule has 0 spiro atoms. The summed E-state index contributed by atoms with van der Waals surface area (Å²) >= 11 is 0. The van der Waals surface area contributed by atoms with Gasteiger partial charge in [0.2, 0.25) is 0 Å². The van der Waals surface area contributed by atoms with Gasteiger partial charge < -0.3 is 9.13 Å². The smallest absolute Gasteiger partial charge is 0.0789 e. The number of aromatic nitrogens is 2. The molecule has 204 valence electrons. The van der Waals surface area contributed by atoms with Crippen molar-refractivity contribution in [1.82, 2.24) is 9.13 Å². The van der Waals surface area contributed by atoms with E-state index in [0.717, 1.165) is 5.69 Å². The molecule has 0 amide bonds. The molecule has 0 saturated carbocycles. The lowest BCUT2D eigenvalue weighted by atomic mass is 9.93. The highest BCUT2D eigenvalue weighted by molar-refractivity contribution is 6.29. The van der Waals surface area contributed by atoms with Crippen molar-refractivity contribution in [2.75, 3.05) is 0 Å². The van der Waals surface area contributed by atoms with Crippen LogP contribution in [-0.4, -0.2) is 9.13 Å². The molecular weight excluding hydrogens is 532 g/mol. The van der Waals surface area contributed by atoms with Crippen LogP contribution in [0.15, 0.2) is 158 Å². The molecule has 0 saturated heterocycles. The minimum absolute atomic E-state index is 1.16. The zero-order chi connectivity index (χ0) is 28.8. The maximum atomic E-state index is 2.54. The van der Waals surface area contributed by atoms with Crippen molar-refractivity contribution in [2.45, 2.75) is 0 Å². The largest absolute Gasteiger partial charge is 0.307 e. The minimum atomic E-state index is 1.16. The van der Waals surface area contributed by atoms with E-state index in [-0.39, 0.29) is 0 Å². The molecule has 10 aromatic rings. The first-order valence-corrected chi connectivity index (χ1v) is 15.2. The number of hydrogen-bond donors (Lipinski definition) is 0. The third kappa shape index (κ3) is 3.04. The Hall–Kier alpha value is -5.86. The first-order chi connectivity index (χ1) is 21.9. The molecule has 8 aromatic carbocycles. The summed E-state index contributed by atoms with van der Waals surface area (Å²) in [5, 5.41) is 12.7. The molecule has 0 aliphatic carbocycles. The average Bonchev–Trinajstić information content (AvgIpc) is 3.62. The Kier molecular flexibility index (Phi) is 4.75. The molecular formula is C42H26N2. The van der Waals surface area contributed by atoms with Crippen molar-refractivity contribution < 1.29 is 0 Å². The molecule has 0 bridgehead atoms.